The first-order chi connectivity index (χ1) is 16.9. The van der Waals surface area contributed by atoms with Crippen molar-refractivity contribution in [3.63, 3.8) is 0 Å². The maximum absolute atomic E-state index is 13.1. The van der Waals surface area contributed by atoms with Gasteiger partial charge in [-0.3, -0.25) is 19.2 Å². The van der Waals surface area contributed by atoms with Crippen molar-refractivity contribution >= 4 is 29.7 Å². The Morgan fingerprint density at radius 1 is 0.889 bits per heavy atom. The molecular weight excluding hydrogens is 472 g/mol. The molecule has 0 aromatic heterocycles. The van der Waals surface area contributed by atoms with E-state index < -0.39 is 48.5 Å². The van der Waals surface area contributed by atoms with Gasteiger partial charge in [0.2, 0.25) is 12.4 Å². The number of fused-ring (bicyclic) bond motifs is 1. The van der Waals surface area contributed by atoms with E-state index in [0.29, 0.717) is 25.2 Å². The van der Waals surface area contributed by atoms with Gasteiger partial charge >= 0.3 is 23.9 Å². The predicted molar refractivity (Wildman–Crippen MR) is 124 cm³/mol. The predicted octanol–water partition coefficient (Wildman–Crippen LogP) is 2.58. The summed E-state index contributed by atoms with van der Waals surface area (Å²) >= 11 is 0. The summed E-state index contributed by atoms with van der Waals surface area (Å²) in [7, 11) is 0. The van der Waals surface area contributed by atoms with E-state index in [1.165, 1.54) is 6.92 Å². The number of ketones is 1. The minimum Gasteiger partial charge on any atom is -0.456 e. The molecule has 0 aromatic rings. The van der Waals surface area contributed by atoms with Crippen molar-refractivity contribution in [1.29, 1.82) is 0 Å². The molecule has 0 unspecified atom stereocenters. The molecular formula is C26H34O10. The van der Waals surface area contributed by atoms with Crippen molar-refractivity contribution in [1.82, 2.24) is 0 Å². The van der Waals surface area contributed by atoms with E-state index in [0.717, 1.165) is 31.4 Å². The van der Waals surface area contributed by atoms with Crippen LogP contribution >= 0.6 is 0 Å². The number of hydrogen-bond acceptors (Lipinski definition) is 10. The van der Waals surface area contributed by atoms with Crippen LogP contribution in [0.4, 0.5) is 0 Å². The third-order valence-corrected chi connectivity index (χ3v) is 7.16. The maximum Gasteiger partial charge on any atom is 0.336 e. The fourth-order valence-electron chi connectivity index (χ4n) is 5.27. The minimum absolute atomic E-state index is 0.148. The molecule has 7 atom stereocenters. The summed E-state index contributed by atoms with van der Waals surface area (Å²) in [5, 5.41) is 0. The zero-order chi connectivity index (χ0) is 26.7. The number of carbonyl (C=O) groups excluding carboxylic acids is 5. The maximum atomic E-state index is 13.1. The zero-order valence-electron chi connectivity index (χ0n) is 21.4. The second-order valence-corrected chi connectivity index (χ2v) is 9.77. The number of ether oxygens (including phenoxy) is 5. The Labute approximate surface area is 210 Å². The number of allylic oxidation sites excluding steroid dienone is 2. The van der Waals surface area contributed by atoms with Crippen LogP contribution in [0, 0.1) is 17.8 Å². The van der Waals surface area contributed by atoms with Gasteiger partial charge in [-0.25, -0.2) is 4.79 Å². The Hall–Kier alpha value is -3.01. The quantitative estimate of drug-likeness (QED) is 0.301. The summed E-state index contributed by atoms with van der Waals surface area (Å²) in [5.74, 6) is -2.42. The Kier molecular flexibility index (Phi) is 8.71. The largest absolute Gasteiger partial charge is 0.456 e. The highest BCUT2D eigenvalue weighted by Crippen LogP contribution is 2.45. The van der Waals surface area contributed by atoms with E-state index in [1.54, 1.807) is 0 Å². The summed E-state index contributed by atoms with van der Waals surface area (Å²) in [6.07, 6.45) is -2.49. The lowest BCUT2D eigenvalue weighted by atomic mass is 9.86. The van der Waals surface area contributed by atoms with Crippen LogP contribution in [-0.4, -0.2) is 60.9 Å². The van der Waals surface area contributed by atoms with E-state index in [1.807, 2.05) is 6.92 Å². The van der Waals surface area contributed by atoms with Crippen LogP contribution in [0.1, 0.15) is 60.3 Å². The molecule has 0 spiro atoms. The molecule has 0 amide bonds. The topological polar surface area (TPSA) is 132 Å². The van der Waals surface area contributed by atoms with Crippen LogP contribution in [0.25, 0.3) is 0 Å². The lowest BCUT2D eigenvalue weighted by Crippen LogP contribution is -2.58. The monoisotopic (exact) mass is 506 g/mol. The van der Waals surface area contributed by atoms with Crippen LogP contribution in [0.2, 0.25) is 0 Å². The summed E-state index contributed by atoms with van der Waals surface area (Å²) < 4.78 is 26.9. The molecule has 3 aliphatic rings. The highest BCUT2D eigenvalue weighted by molar-refractivity contribution is 5.98. The van der Waals surface area contributed by atoms with Crippen LogP contribution < -0.4 is 0 Å². The molecule has 2 aliphatic carbocycles. The van der Waals surface area contributed by atoms with Gasteiger partial charge < -0.3 is 23.7 Å². The SMILES string of the molecule is C=C(C(=O)O[C@@H]1OC[C@@H](OC(C)=O)[C@@H](OC(C)=O)[C@H]1OC(C)=O)[C@H]1CC[C@@H](C)[C@H]2CC(=O)C(C)=C2C1. The highest BCUT2D eigenvalue weighted by atomic mass is 16.7. The smallest absolute Gasteiger partial charge is 0.336 e. The van der Waals surface area contributed by atoms with Crippen LogP contribution in [-0.2, 0) is 47.7 Å². The number of hydrogen-bond donors (Lipinski definition) is 0. The molecule has 36 heavy (non-hydrogen) atoms. The van der Waals surface area contributed by atoms with Gasteiger partial charge in [-0.05, 0) is 49.5 Å². The molecule has 2 fully saturated rings. The molecule has 198 valence electrons. The van der Waals surface area contributed by atoms with Gasteiger partial charge in [0.25, 0.3) is 0 Å². The lowest BCUT2D eigenvalue weighted by molar-refractivity contribution is -0.273. The molecule has 0 radical (unpaired) electrons. The molecule has 1 heterocycles. The first-order valence-corrected chi connectivity index (χ1v) is 12.1. The van der Waals surface area contributed by atoms with Gasteiger partial charge in [-0.2, -0.15) is 0 Å². The van der Waals surface area contributed by atoms with E-state index in [-0.39, 0.29) is 29.8 Å². The van der Waals surface area contributed by atoms with Gasteiger partial charge in [0, 0.05) is 32.8 Å². The fourth-order valence-corrected chi connectivity index (χ4v) is 5.27. The summed E-state index contributed by atoms with van der Waals surface area (Å²) in [6, 6.07) is 0. The summed E-state index contributed by atoms with van der Waals surface area (Å²) in [5.41, 5.74) is 2.07. The van der Waals surface area contributed by atoms with Gasteiger partial charge in [0.15, 0.2) is 18.0 Å². The molecule has 1 saturated heterocycles. The molecule has 0 aromatic carbocycles. The van der Waals surface area contributed by atoms with E-state index in [9.17, 15) is 24.0 Å². The summed E-state index contributed by atoms with van der Waals surface area (Å²) in [6.45, 7) is 11.1. The first kappa shape index (κ1) is 27.6. The van der Waals surface area contributed by atoms with Crippen molar-refractivity contribution in [3.05, 3.63) is 23.3 Å². The van der Waals surface area contributed by atoms with Gasteiger partial charge in [0.1, 0.15) is 0 Å². The van der Waals surface area contributed by atoms with Gasteiger partial charge in [-0.1, -0.05) is 19.1 Å². The third kappa shape index (κ3) is 6.21. The summed E-state index contributed by atoms with van der Waals surface area (Å²) in [4.78, 5) is 60.5. The normalized spacial score (nSPS) is 32.1. The second-order valence-electron chi connectivity index (χ2n) is 9.77. The minimum atomic E-state index is -1.42. The van der Waals surface area contributed by atoms with Crippen molar-refractivity contribution in [3.8, 4) is 0 Å². The van der Waals surface area contributed by atoms with Crippen molar-refractivity contribution in [2.45, 2.75) is 84.9 Å². The van der Waals surface area contributed by atoms with Gasteiger partial charge in [0.05, 0.1) is 6.61 Å². The van der Waals surface area contributed by atoms with Crippen LogP contribution in [0.5, 0.6) is 0 Å². The van der Waals surface area contributed by atoms with Crippen molar-refractivity contribution in [2.75, 3.05) is 6.61 Å². The third-order valence-electron chi connectivity index (χ3n) is 7.16. The van der Waals surface area contributed by atoms with E-state index in [4.69, 9.17) is 23.7 Å². The Morgan fingerprint density at radius 3 is 2.11 bits per heavy atom. The zero-order valence-corrected chi connectivity index (χ0v) is 21.4. The molecule has 3 rings (SSSR count). The van der Waals surface area contributed by atoms with Crippen LogP contribution in [0.15, 0.2) is 23.3 Å². The number of esters is 4. The van der Waals surface area contributed by atoms with Crippen molar-refractivity contribution < 1.29 is 47.7 Å². The molecule has 1 aliphatic heterocycles. The highest BCUT2D eigenvalue weighted by Gasteiger charge is 2.49. The molecule has 0 N–H and O–H groups in total. The average molecular weight is 507 g/mol. The average Bonchev–Trinajstić information content (AvgIpc) is 2.96. The van der Waals surface area contributed by atoms with E-state index >= 15 is 0 Å². The first-order valence-electron chi connectivity index (χ1n) is 12.1. The van der Waals surface area contributed by atoms with E-state index in [2.05, 4.69) is 13.5 Å². The van der Waals surface area contributed by atoms with Crippen LogP contribution in [0.3, 0.4) is 0 Å². The van der Waals surface area contributed by atoms with Crippen molar-refractivity contribution in [2.24, 2.45) is 17.8 Å². The Morgan fingerprint density at radius 2 is 1.50 bits per heavy atom. The molecule has 10 heteroatoms. The fraction of sp³-hybridized carbons (Fsp3) is 0.654. The molecule has 10 nitrogen and oxygen atoms in total. The van der Waals surface area contributed by atoms with Gasteiger partial charge in [-0.15, -0.1) is 0 Å². The molecule has 0 bridgehead atoms. The standard InChI is InChI=1S/C26H34O10/c1-12-7-8-18(9-20-14(3)21(30)10-19(12)20)13(2)25(31)36-26-24(35-17(6)29)23(34-16(5)28)22(11-32-26)33-15(4)27/h12,18-19,22-24,26H,2,7-11H2,1,3-6H3/t12-,18+,19-,22-,23-,24-,26+/m1/s1. The second kappa shape index (κ2) is 11.4. The number of Topliss-reactive ketones (excluding diaryl/α,β-unsaturated/α-hetero) is 1. The number of carbonyl (C=O) groups is 5. The Bertz CT molecular complexity index is 979. The Balaban J connectivity index is 1.78. The number of rotatable bonds is 6. The molecule has 1 saturated carbocycles. The lowest BCUT2D eigenvalue weighted by Gasteiger charge is -2.39.